The van der Waals surface area contributed by atoms with Crippen molar-refractivity contribution in [2.45, 2.75) is 22.2 Å². The molecule has 0 bridgehead atoms. The molecule has 72 heavy (non-hydrogen) atoms. The van der Waals surface area contributed by atoms with Crippen molar-refractivity contribution >= 4 is 77.3 Å². The van der Waals surface area contributed by atoms with Crippen LogP contribution < -0.4 is 18.4 Å². The lowest BCUT2D eigenvalue weighted by Gasteiger charge is -2.36. The summed E-state index contributed by atoms with van der Waals surface area (Å²) in [6, 6.07) is 58.2. The number of carbonyl (C=O) groups excluding carboxylic acids is 2. The van der Waals surface area contributed by atoms with Crippen LogP contribution in [0.5, 0.6) is 0 Å². The summed E-state index contributed by atoms with van der Waals surface area (Å²) < 4.78 is 57.0. The molecule has 0 aliphatic carbocycles. The van der Waals surface area contributed by atoms with E-state index in [1.807, 2.05) is 107 Å². The van der Waals surface area contributed by atoms with Crippen LogP contribution in [0.25, 0.3) is 0 Å². The van der Waals surface area contributed by atoms with Crippen LogP contribution in [0.15, 0.2) is 213 Å². The molecule has 10 rings (SSSR count). The summed E-state index contributed by atoms with van der Waals surface area (Å²) in [4.78, 5) is 34.9. The Morgan fingerprint density at radius 1 is 0.431 bits per heavy atom. The van der Waals surface area contributed by atoms with Crippen molar-refractivity contribution in [3.05, 3.63) is 226 Å². The van der Waals surface area contributed by atoms with E-state index in [4.69, 9.17) is 0 Å². The Kier molecular flexibility index (Phi) is 15.8. The Morgan fingerprint density at radius 3 is 1.21 bits per heavy atom. The van der Waals surface area contributed by atoms with Crippen LogP contribution in [0.3, 0.4) is 0 Å². The largest absolute Gasteiger partial charge is 0.368 e. The fourth-order valence-corrected chi connectivity index (χ4v) is 13.7. The quantitative estimate of drug-likeness (QED) is 0.106. The molecule has 0 radical (unpaired) electrons. The zero-order chi connectivity index (χ0) is 49.9. The van der Waals surface area contributed by atoms with Gasteiger partial charge in [-0.25, -0.2) is 16.8 Å². The van der Waals surface area contributed by atoms with Crippen LogP contribution in [0.1, 0.15) is 31.8 Å². The number of para-hydroxylation sites is 2. The first-order valence-electron chi connectivity index (χ1n) is 23.6. The lowest BCUT2D eigenvalue weighted by molar-refractivity contribution is 0.0739. The number of hydrogen-bond donors (Lipinski definition) is 0. The Balaban J connectivity index is 0.000000178. The Bertz CT molecular complexity index is 2990. The molecule has 0 unspecified atom stereocenters. The zero-order valence-corrected chi connectivity index (χ0v) is 42.7. The summed E-state index contributed by atoms with van der Waals surface area (Å²) in [7, 11) is -7.50. The lowest BCUT2D eigenvalue weighted by atomic mass is 10.1. The first-order chi connectivity index (χ1) is 35.0. The number of thiophene rings is 2. The number of benzene rings is 6. The van der Waals surface area contributed by atoms with Crippen LogP contribution in [0.4, 0.5) is 22.7 Å². The maximum absolute atomic E-state index is 13.5. The number of hydrogen-bond acceptors (Lipinski definition) is 10. The molecule has 2 saturated heterocycles. The van der Waals surface area contributed by atoms with Gasteiger partial charge < -0.3 is 19.6 Å². The summed E-state index contributed by atoms with van der Waals surface area (Å²) in [6.45, 7) is 6.07. The van der Waals surface area contributed by atoms with Crippen molar-refractivity contribution in [2.24, 2.45) is 0 Å². The molecule has 0 atom stereocenters. The van der Waals surface area contributed by atoms with Gasteiger partial charge in [0, 0.05) is 80.2 Å². The molecule has 8 aromatic rings. The Labute approximate surface area is 430 Å². The molecule has 0 spiro atoms. The predicted octanol–water partition coefficient (Wildman–Crippen LogP) is 10.2. The highest BCUT2D eigenvalue weighted by Crippen LogP contribution is 2.31. The Hall–Kier alpha value is -7.24. The molecule has 2 fully saturated rings. The van der Waals surface area contributed by atoms with Gasteiger partial charge in [0.15, 0.2) is 0 Å². The van der Waals surface area contributed by atoms with E-state index in [2.05, 4.69) is 34.1 Å². The van der Waals surface area contributed by atoms with E-state index in [0.717, 1.165) is 37.3 Å². The van der Waals surface area contributed by atoms with E-state index in [9.17, 15) is 26.4 Å². The second-order valence-electron chi connectivity index (χ2n) is 17.2. The molecule has 12 nitrogen and oxygen atoms in total. The van der Waals surface area contributed by atoms with Crippen molar-refractivity contribution in [1.82, 2.24) is 9.80 Å². The SMILES string of the molecule is O=C(c1ccc(N(Cc2ccccc2)S(=O)(=O)c2cccs2)cc1)N1CCN(c2ccccc2)CC1.O=C(c1ccc(N(Cc2ccccc2)S(=O)(=O)c2ccsc2)cc1)N1CCN(c2ccccc2)CC1. The Morgan fingerprint density at radius 2 is 0.833 bits per heavy atom. The number of nitrogens with zero attached hydrogens (tertiary/aromatic N) is 6. The second-order valence-corrected chi connectivity index (χ2v) is 22.9. The maximum atomic E-state index is 13.5. The van der Waals surface area contributed by atoms with Gasteiger partial charge in [-0.3, -0.25) is 18.2 Å². The highest BCUT2D eigenvalue weighted by Gasteiger charge is 2.29. The number of amides is 2. The maximum Gasteiger partial charge on any atom is 0.274 e. The minimum atomic E-state index is -3.75. The van der Waals surface area contributed by atoms with E-state index in [-0.39, 0.29) is 34.0 Å². The minimum absolute atomic E-state index is 0.0371. The van der Waals surface area contributed by atoms with E-state index < -0.39 is 20.0 Å². The summed E-state index contributed by atoms with van der Waals surface area (Å²) in [5, 5.41) is 5.15. The van der Waals surface area contributed by atoms with Crippen LogP contribution in [-0.2, 0) is 33.1 Å². The molecule has 2 aliphatic rings. The van der Waals surface area contributed by atoms with Gasteiger partial charge in [-0.1, -0.05) is 103 Å². The molecule has 6 aromatic carbocycles. The van der Waals surface area contributed by atoms with Gasteiger partial charge in [0.25, 0.3) is 31.9 Å². The van der Waals surface area contributed by atoms with Crippen molar-refractivity contribution in [3.8, 4) is 0 Å². The van der Waals surface area contributed by atoms with E-state index >= 15 is 0 Å². The zero-order valence-electron chi connectivity index (χ0n) is 39.5. The van der Waals surface area contributed by atoms with Crippen molar-refractivity contribution in [1.29, 1.82) is 0 Å². The average Bonchev–Trinajstić information content (AvgIpc) is 4.21. The fraction of sp³-hybridized carbons (Fsp3) is 0.179. The van der Waals surface area contributed by atoms with Crippen molar-refractivity contribution in [2.75, 3.05) is 70.8 Å². The number of rotatable bonds is 14. The number of sulfonamides is 2. The van der Waals surface area contributed by atoms with Crippen LogP contribution in [0.2, 0.25) is 0 Å². The third-order valence-corrected chi connectivity index (χ3v) is 18.4. The minimum Gasteiger partial charge on any atom is -0.368 e. The van der Waals surface area contributed by atoms with Gasteiger partial charge in [0.05, 0.1) is 29.4 Å². The van der Waals surface area contributed by atoms with Gasteiger partial charge in [-0.05, 0) is 107 Å². The van der Waals surface area contributed by atoms with Crippen molar-refractivity contribution < 1.29 is 26.4 Å². The molecule has 16 heteroatoms. The molecule has 0 N–H and O–H groups in total. The standard InChI is InChI=1S/2C28H27N3O3S2/c32-28(30-19-17-29(18-20-30)25-10-5-2-6-11-25)24-13-15-26(16-14-24)31(22-23-8-3-1-4-9-23)36(33,34)27-12-7-21-35-27;32-28(30-18-16-29(17-19-30)25-9-5-2-6-10-25)24-11-13-26(14-12-24)31(21-23-7-3-1-4-8-23)36(33,34)27-15-20-35-22-27/h1-16,21H,17-20,22H2;1-15,20,22H,16-19,21H2. The second kappa shape index (κ2) is 22.9. The van der Waals surface area contributed by atoms with E-state index in [0.29, 0.717) is 48.7 Å². The topological polar surface area (TPSA) is 122 Å². The molecule has 2 amide bonds. The number of carbonyl (C=O) groups is 2. The van der Waals surface area contributed by atoms with E-state index in [1.165, 1.54) is 42.7 Å². The third kappa shape index (κ3) is 11.7. The van der Waals surface area contributed by atoms with Crippen LogP contribution >= 0.6 is 22.7 Å². The molecule has 368 valence electrons. The number of piperazine rings is 2. The summed E-state index contributed by atoms with van der Waals surface area (Å²) in [5.41, 5.74) is 6.26. The molecular formula is C56H54N6O6S4. The molecule has 2 aliphatic heterocycles. The monoisotopic (exact) mass is 1030 g/mol. The molecule has 0 saturated carbocycles. The molecule has 4 heterocycles. The smallest absolute Gasteiger partial charge is 0.274 e. The van der Waals surface area contributed by atoms with Gasteiger partial charge in [0.2, 0.25) is 0 Å². The van der Waals surface area contributed by atoms with Gasteiger partial charge >= 0.3 is 0 Å². The van der Waals surface area contributed by atoms with Gasteiger partial charge in [-0.15, -0.1) is 11.3 Å². The number of anilines is 4. The summed E-state index contributed by atoms with van der Waals surface area (Å²) in [6.07, 6.45) is 0. The first kappa shape index (κ1) is 49.7. The van der Waals surface area contributed by atoms with E-state index in [1.54, 1.807) is 82.9 Å². The highest BCUT2D eigenvalue weighted by molar-refractivity contribution is 7.94. The van der Waals surface area contributed by atoms with Crippen LogP contribution in [-0.4, -0.2) is 90.8 Å². The summed E-state index contributed by atoms with van der Waals surface area (Å²) in [5.74, 6) is -0.0745. The fourth-order valence-electron chi connectivity index (χ4n) is 8.69. The third-order valence-electron chi connectivity index (χ3n) is 12.6. The normalized spacial score (nSPS) is 14.0. The average molecular weight is 1040 g/mol. The lowest BCUT2D eigenvalue weighted by Crippen LogP contribution is -2.48. The first-order valence-corrected chi connectivity index (χ1v) is 28.3. The van der Waals surface area contributed by atoms with Gasteiger partial charge in [0.1, 0.15) is 4.21 Å². The highest BCUT2D eigenvalue weighted by atomic mass is 32.2. The van der Waals surface area contributed by atoms with Crippen molar-refractivity contribution in [3.63, 3.8) is 0 Å². The summed E-state index contributed by atoms with van der Waals surface area (Å²) >= 11 is 2.54. The van der Waals surface area contributed by atoms with Gasteiger partial charge in [-0.2, -0.15) is 11.3 Å². The molecule has 2 aromatic heterocycles. The van der Waals surface area contributed by atoms with Crippen LogP contribution in [0, 0.1) is 0 Å². The molecular weight excluding hydrogens is 981 g/mol. The predicted molar refractivity (Wildman–Crippen MR) is 290 cm³/mol.